The zero-order valence-electron chi connectivity index (χ0n) is 18.0. The smallest absolute Gasteiger partial charge is 0.265 e. The minimum Gasteiger partial charge on any atom is -0.338 e. The van der Waals surface area contributed by atoms with Crippen LogP contribution in [-0.2, 0) is 0 Å². The Labute approximate surface area is 178 Å². The Morgan fingerprint density at radius 1 is 1.00 bits per heavy atom. The van der Waals surface area contributed by atoms with Crippen LogP contribution in [0, 0.1) is 20.8 Å². The lowest BCUT2D eigenvalue weighted by Crippen LogP contribution is -2.47. The molecule has 156 valence electrons. The number of piperidine rings is 1. The molecule has 2 aromatic rings. The van der Waals surface area contributed by atoms with Crippen molar-refractivity contribution in [3.63, 3.8) is 0 Å². The Morgan fingerprint density at radius 3 is 2.38 bits per heavy atom. The van der Waals surface area contributed by atoms with Gasteiger partial charge in [0.25, 0.3) is 5.91 Å². The highest BCUT2D eigenvalue weighted by atomic mass is 32.1. The summed E-state index contributed by atoms with van der Waals surface area (Å²) in [5, 5.41) is 0.964. The van der Waals surface area contributed by atoms with Crippen LogP contribution in [-0.4, -0.2) is 52.9 Å². The van der Waals surface area contributed by atoms with Crippen LogP contribution in [0.25, 0.3) is 10.6 Å². The number of aromatic nitrogens is 1. The van der Waals surface area contributed by atoms with Crippen LogP contribution in [0.2, 0.25) is 0 Å². The van der Waals surface area contributed by atoms with Gasteiger partial charge in [0.1, 0.15) is 9.88 Å². The lowest BCUT2D eigenvalue weighted by molar-refractivity contribution is 0.0626. The van der Waals surface area contributed by atoms with E-state index in [0.29, 0.717) is 6.04 Å². The molecular formula is C24H33N3OS. The second-order valence-corrected chi connectivity index (χ2v) is 9.72. The summed E-state index contributed by atoms with van der Waals surface area (Å²) in [7, 11) is 0. The maximum atomic E-state index is 13.2. The summed E-state index contributed by atoms with van der Waals surface area (Å²) in [5.41, 5.74) is 4.45. The van der Waals surface area contributed by atoms with Crippen molar-refractivity contribution in [3.8, 4) is 10.6 Å². The van der Waals surface area contributed by atoms with Crippen LogP contribution in [0.4, 0.5) is 0 Å². The van der Waals surface area contributed by atoms with Gasteiger partial charge in [-0.3, -0.25) is 4.79 Å². The summed E-state index contributed by atoms with van der Waals surface area (Å²) in [6.45, 7) is 10.4. The first-order valence-corrected chi connectivity index (χ1v) is 11.9. The molecule has 0 saturated carbocycles. The molecule has 5 heteroatoms. The number of benzene rings is 1. The predicted octanol–water partition coefficient (Wildman–Crippen LogP) is 5.22. The second-order valence-electron chi connectivity index (χ2n) is 8.73. The van der Waals surface area contributed by atoms with Crippen LogP contribution in [0.3, 0.4) is 0 Å². The van der Waals surface area contributed by atoms with E-state index in [1.165, 1.54) is 49.9 Å². The molecule has 4 nitrogen and oxygen atoms in total. The third kappa shape index (κ3) is 4.56. The van der Waals surface area contributed by atoms with E-state index < -0.39 is 0 Å². The van der Waals surface area contributed by atoms with Gasteiger partial charge in [0, 0.05) is 24.7 Å². The molecule has 0 unspecified atom stereocenters. The van der Waals surface area contributed by atoms with E-state index >= 15 is 0 Å². The zero-order valence-corrected chi connectivity index (χ0v) is 18.9. The van der Waals surface area contributed by atoms with Gasteiger partial charge in [0.05, 0.1) is 5.69 Å². The second kappa shape index (κ2) is 8.97. The van der Waals surface area contributed by atoms with Crippen LogP contribution in [0.5, 0.6) is 0 Å². The summed E-state index contributed by atoms with van der Waals surface area (Å²) in [6, 6.07) is 7.09. The summed E-state index contributed by atoms with van der Waals surface area (Å²) in [6.07, 6.45) is 7.63. The molecule has 0 bridgehead atoms. The van der Waals surface area contributed by atoms with Crippen molar-refractivity contribution < 1.29 is 4.79 Å². The Kier molecular flexibility index (Phi) is 6.35. The molecule has 2 aliphatic rings. The highest BCUT2D eigenvalue weighted by molar-refractivity contribution is 7.17. The monoisotopic (exact) mass is 411 g/mol. The van der Waals surface area contributed by atoms with Gasteiger partial charge in [-0.25, -0.2) is 4.98 Å². The van der Waals surface area contributed by atoms with Crippen molar-refractivity contribution in [2.45, 2.75) is 65.3 Å². The fourth-order valence-electron chi connectivity index (χ4n) is 4.71. The molecule has 1 amide bonds. The van der Waals surface area contributed by atoms with E-state index in [0.717, 1.165) is 47.1 Å². The Bertz CT molecular complexity index is 859. The quantitative estimate of drug-likeness (QED) is 0.695. The molecule has 0 aliphatic carbocycles. The molecule has 29 heavy (non-hydrogen) atoms. The van der Waals surface area contributed by atoms with E-state index in [1.54, 1.807) is 11.3 Å². The maximum absolute atomic E-state index is 13.2. The van der Waals surface area contributed by atoms with Gasteiger partial charge in [-0.05, 0) is 71.2 Å². The van der Waals surface area contributed by atoms with Crippen molar-refractivity contribution in [2.75, 3.05) is 26.2 Å². The van der Waals surface area contributed by atoms with Crippen molar-refractivity contribution in [1.82, 2.24) is 14.8 Å². The summed E-state index contributed by atoms with van der Waals surface area (Å²) >= 11 is 1.56. The molecular weight excluding hydrogens is 378 g/mol. The Hall–Kier alpha value is -1.72. The fourth-order valence-corrected chi connectivity index (χ4v) is 5.83. The Morgan fingerprint density at radius 2 is 1.69 bits per heavy atom. The molecule has 0 atom stereocenters. The van der Waals surface area contributed by atoms with Gasteiger partial charge >= 0.3 is 0 Å². The van der Waals surface area contributed by atoms with E-state index in [9.17, 15) is 4.79 Å². The van der Waals surface area contributed by atoms with Gasteiger partial charge < -0.3 is 9.80 Å². The number of thiazole rings is 1. The fraction of sp³-hybridized carbons (Fsp3) is 0.583. The highest BCUT2D eigenvalue weighted by Gasteiger charge is 2.29. The Balaban J connectivity index is 1.44. The number of carbonyl (C=O) groups is 1. The van der Waals surface area contributed by atoms with Gasteiger partial charge in [0.2, 0.25) is 0 Å². The standard InChI is InChI=1S/C24H33N3OS/c1-17-8-9-18(2)21(16-17)23-25-19(3)22(29-23)24(28)27-14-10-20(11-15-27)26-12-6-4-5-7-13-26/h8-9,16,20H,4-7,10-15H2,1-3H3. The minimum atomic E-state index is 0.172. The van der Waals surface area contributed by atoms with Crippen molar-refractivity contribution >= 4 is 17.2 Å². The number of likely N-dealkylation sites (tertiary alicyclic amines) is 2. The molecule has 4 rings (SSSR count). The summed E-state index contributed by atoms with van der Waals surface area (Å²) in [4.78, 5) is 23.6. The number of rotatable bonds is 3. The number of carbonyl (C=O) groups excluding carboxylic acids is 1. The molecule has 0 radical (unpaired) electrons. The number of amides is 1. The van der Waals surface area contributed by atoms with Gasteiger partial charge in [-0.15, -0.1) is 11.3 Å². The molecule has 1 aromatic carbocycles. The van der Waals surface area contributed by atoms with Crippen molar-refractivity contribution in [3.05, 3.63) is 39.9 Å². The normalized spacial score (nSPS) is 19.3. The van der Waals surface area contributed by atoms with Crippen LogP contribution >= 0.6 is 11.3 Å². The molecule has 3 heterocycles. The van der Waals surface area contributed by atoms with E-state index in [2.05, 4.69) is 41.8 Å². The van der Waals surface area contributed by atoms with Crippen LogP contribution < -0.4 is 0 Å². The largest absolute Gasteiger partial charge is 0.338 e. The third-order valence-corrected chi connectivity index (χ3v) is 7.70. The zero-order chi connectivity index (χ0) is 20.4. The lowest BCUT2D eigenvalue weighted by atomic mass is 10.0. The topological polar surface area (TPSA) is 36.4 Å². The van der Waals surface area contributed by atoms with Gasteiger partial charge in [-0.1, -0.05) is 30.5 Å². The van der Waals surface area contributed by atoms with E-state index in [-0.39, 0.29) is 5.91 Å². The highest BCUT2D eigenvalue weighted by Crippen LogP contribution is 2.32. The average molecular weight is 412 g/mol. The number of aryl methyl sites for hydroxylation is 3. The van der Waals surface area contributed by atoms with Gasteiger partial charge in [-0.2, -0.15) is 0 Å². The van der Waals surface area contributed by atoms with Crippen LogP contribution in [0.15, 0.2) is 18.2 Å². The van der Waals surface area contributed by atoms with E-state index in [1.807, 2.05) is 6.92 Å². The number of nitrogens with zero attached hydrogens (tertiary/aromatic N) is 3. The first-order chi connectivity index (χ1) is 14.0. The van der Waals surface area contributed by atoms with Crippen molar-refractivity contribution in [2.24, 2.45) is 0 Å². The lowest BCUT2D eigenvalue weighted by Gasteiger charge is -2.38. The number of hydrogen-bond donors (Lipinski definition) is 0. The van der Waals surface area contributed by atoms with Crippen LogP contribution in [0.1, 0.15) is 65.0 Å². The first-order valence-electron chi connectivity index (χ1n) is 11.1. The molecule has 2 saturated heterocycles. The minimum absolute atomic E-state index is 0.172. The summed E-state index contributed by atoms with van der Waals surface area (Å²) in [5.74, 6) is 0.172. The molecule has 2 aliphatic heterocycles. The van der Waals surface area contributed by atoms with Gasteiger partial charge in [0.15, 0.2) is 0 Å². The number of hydrogen-bond acceptors (Lipinski definition) is 4. The first kappa shape index (κ1) is 20.5. The third-order valence-electron chi connectivity index (χ3n) is 6.52. The maximum Gasteiger partial charge on any atom is 0.265 e. The molecule has 0 spiro atoms. The predicted molar refractivity (Wildman–Crippen MR) is 121 cm³/mol. The molecule has 1 aromatic heterocycles. The summed E-state index contributed by atoms with van der Waals surface area (Å²) < 4.78 is 0. The SMILES string of the molecule is Cc1ccc(C)c(-c2nc(C)c(C(=O)N3CCC(N4CCCCCC4)CC3)s2)c1. The van der Waals surface area contributed by atoms with E-state index in [4.69, 9.17) is 4.98 Å². The average Bonchev–Trinajstić information content (AvgIpc) is 2.93. The molecule has 2 fully saturated rings. The van der Waals surface area contributed by atoms with Crippen molar-refractivity contribution in [1.29, 1.82) is 0 Å². The molecule has 0 N–H and O–H groups in total.